The van der Waals surface area contributed by atoms with Crippen molar-refractivity contribution < 1.29 is 4.79 Å². The van der Waals surface area contributed by atoms with Gasteiger partial charge in [0.05, 0.1) is 10.5 Å². The largest absolute Gasteiger partial charge is 0.368 e. The molecule has 0 N–H and O–H groups in total. The number of thioether (sulfide) groups is 1. The molecule has 2 aromatic heterocycles. The highest BCUT2D eigenvalue weighted by molar-refractivity contribution is 8.26. The van der Waals surface area contributed by atoms with Crippen molar-refractivity contribution in [2.45, 2.75) is 6.92 Å². The summed E-state index contributed by atoms with van der Waals surface area (Å²) in [4.78, 5) is 37.4. The fourth-order valence-electron chi connectivity index (χ4n) is 4.19. The van der Waals surface area contributed by atoms with Gasteiger partial charge in [0.15, 0.2) is 0 Å². The number of amides is 1. The van der Waals surface area contributed by atoms with Crippen LogP contribution in [0.1, 0.15) is 11.1 Å². The molecule has 1 aromatic carbocycles. The summed E-state index contributed by atoms with van der Waals surface area (Å²) < 4.78 is 2.01. The van der Waals surface area contributed by atoms with Crippen molar-refractivity contribution in [3.8, 4) is 0 Å². The Kier molecular flexibility index (Phi) is 6.09. The average Bonchev–Trinajstić information content (AvgIpc) is 3.08. The van der Waals surface area contributed by atoms with Gasteiger partial charge in [0.2, 0.25) is 0 Å². The van der Waals surface area contributed by atoms with Crippen LogP contribution in [0.15, 0.2) is 52.3 Å². The number of aryl methyl sites for hydroxylation is 1. The van der Waals surface area contributed by atoms with Gasteiger partial charge in [-0.1, -0.05) is 47.7 Å². The molecule has 0 unspecified atom stereocenters. The Morgan fingerprint density at radius 3 is 2.50 bits per heavy atom. The summed E-state index contributed by atoms with van der Waals surface area (Å²) in [5.74, 6) is 0.381. The molecular formula is C24H22ClN5O2S2. The van der Waals surface area contributed by atoms with Crippen molar-refractivity contribution in [2.24, 2.45) is 0 Å². The maximum atomic E-state index is 13.6. The maximum absolute atomic E-state index is 13.6. The smallest absolute Gasteiger partial charge is 0.267 e. The van der Waals surface area contributed by atoms with Gasteiger partial charge >= 0.3 is 0 Å². The van der Waals surface area contributed by atoms with Crippen molar-refractivity contribution >= 4 is 69.0 Å². The lowest BCUT2D eigenvalue weighted by molar-refractivity contribution is -0.121. The minimum absolute atomic E-state index is 0.206. The first-order chi connectivity index (χ1) is 16.3. The highest BCUT2D eigenvalue weighted by Crippen LogP contribution is 2.33. The zero-order valence-electron chi connectivity index (χ0n) is 18.7. The van der Waals surface area contributed by atoms with Gasteiger partial charge in [-0.3, -0.25) is 18.9 Å². The molecule has 1 amide bonds. The number of anilines is 2. The number of thiocarbonyl (C=S) groups is 1. The molecule has 0 spiro atoms. The molecule has 2 fully saturated rings. The summed E-state index contributed by atoms with van der Waals surface area (Å²) in [6.07, 6.45) is 3.35. The monoisotopic (exact) mass is 511 g/mol. The summed E-state index contributed by atoms with van der Waals surface area (Å²) in [6, 6.07) is 11.6. The van der Waals surface area contributed by atoms with Gasteiger partial charge in [-0.25, -0.2) is 4.98 Å². The van der Waals surface area contributed by atoms with Gasteiger partial charge < -0.3 is 9.80 Å². The van der Waals surface area contributed by atoms with E-state index in [-0.39, 0.29) is 11.5 Å². The van der Waals surface area contributed by atoms with Crippen LogP contribution in [-0.2, 0) is 4.79 Å². The third-order valence-corrected chi connectivity index (χ3v) is 7.80. The lowest BCUT2D eigenvalue weighted by atomic mass is 10.2. The molecule has 0 aliphatic carbocycles. The molecule has 4 heterocycles. The van der Waals surface area contributed by atoms with Crippen LogP contribution in [0.3, 0.4) is 0 Å². The summed E-state index contributed by atoms with van der Waals surface area (Å²) in [5, 5.41) is 0.704. The minimum atomic E-state index is -0.208. The number of carbonyl (C=O) groups is 1. The minimum Gasteiger partial charge on any atom is -0.368 e. The van der Waals surface area contributed by atoms with Gasteiger partial charge in [0, 0.05) is 50.1 Å². The van der Waals surface area contributed by atoms with E-state index in [2.05, 4.69) is 9.80 Å². The molecule has 34 heavy (non-hydrogen) atoms. The Morgan fingerprint density at radius 1 is 1.09 bits per heavy atom. The molecular weight excluding hydrogens is 490 g/mol. The highest BCUT2D eigenvalue weighted by Gasteiger charge is 2.30. The Balaban J connectivity index is 1.56. The Morgan fingerprint density at radius 2 is 1.82 bits per heavy atom. The van der Waals surface area contributed by atoms with Gasteiger partial charge in [-0.15, -0.1) is 0 Å². The van der Waals surface area contributed by atoms with Crippen LogP contribution in [0.2, 0.25) is 5.02 Å². The van der Waals surface area contributed by atoms with Crippen LogP contribution >= 0.6 is 35.6 Å². The number of halogens is 1. The number of likely N-dealkylation sites (N-methyl/N-ethyl adjacent to an activating group) is 1. The van der Waals surface area contributed by atoms with Crippen molar-refractivity contribution in [3.63, 3.8) is 0 Å². The second-order valence-corrected chi connectivity index (χ2v) is 10.3. The van der Waals surface area contributed by atoms with E-state index in [1.807, 2.05) is 43.3 Å². The van der Waals surface area contributed by atoms with Crippen LogP contribution < -0.4 is 15.4 Å². The van der Waals surface area contributed by atoms with E-state index in [1.165, 1.54) is 16.7 Å². The van der Waals surface area contributed by atoms with Crippen LogP contribution in [-0.4, -0.2) is 57.7 Å². The van der Waals surface area contributed by atoms with Crippen molar-refractivity contribution in [1.29, 1.82) is 0 Å². The molecule has 2 saturated heterocycles. The molecule has 2 aliphatic rings. The molecule has 5 rings (SSSR count). The number of nitrogens with zero attached hydrogens (tertiary/aromatic N) is 5. The number of hydrogen-bond acceptors (Lipinski definition) is 7. The summed E-state index contributed by atoms with van der Waals surface area (Å²) in [5.41, 5.74) is 2.78. The molecule has 10 heteroatoms. The summed E-state index contributed by atoms with van der Waals surface area (Å²) >= 11 is 12.6. The zero-order valence-corrected chi connectivity index (χ0v) is 21.1. The van der Waals surface area contributed by atoms with E-state index in [4.69, 9.17) is 28.8 Å². The first-order valence-electron chi connectivity index (χ1n) is 10.8. The molecule has 3 aromatic rings. The third-order valence-electron chi connectivity index (χ3n) is 6.08. The molecule has 2 aliphatic heterocycles. The van der Waals surface area contributed by atoms with E-state index >= 15 is 0 Å². The predicted octanol–water partition coefficient (Wildman–Crippen LogP) is 3.81. The van der Waals surface area contributed by atoms with E-state index < -0.39 is 0 Å². The number of benzene rings is 1. The van der Waals surface area contributed by atoms with E-state index in [1.54, 1.807) is 23.7 Å². The van der Waals surface area contributed by atoms with Crippen molar-refractivity contribution in [3.05, 3.63) is 74.0 Å². The Bertz CT molecular complexity index is 1410. The fourth-order valence-corrected chi connectivity index (χ4v) is 5.54. The molecule has 0 saturated carbocycles. The van der Waals surface area contributed by atoms with Crippen molar-refractivity contribution in [1.82, 2.24) is 14.3 Å². The number of carbonyl (C=O) groups excluding carboxylic acids is 1. The number of rotatable bonds is 3. The van der Waals surface area contributed by atoms with Gasteiger partial charge in [-0.05, 0) is 42.8 Å². The number of piperazine rings is 1. The van der Waals surface area contributed by atoms with E-state index in [9.17, 15) is 9.59 Å². The second-order valence-electron chi connectivity index (χ2n) is 8.23. The predicted molar refractivity (Wildman–Crippen MR) is 143 cm³/mol. The zero-order chi connectivity index (χ0) is 24.0. The SMILES string of the molecule is Cc1cccn2c(=O)c(/C=C3/SC(=S)N(C)C3=O)c(N3CCN(c4cccc(Cl)c4)CC3)nc12. The number of hydrogen-bond donors (Lipinski definition) is 0. The quantitative estimate of drug-likeness (QED) is 0.391. The van der Waals surface area contributed by atoms with Gasteiger partial charge in [-0.2, -0.15) is 0 Å². The van der Waals surface area contributed by atoms with Crippen LogP contribution in [0.5, 0.6) is 0 Å². The van der Waals surface area contributed by atoms with Crippen molar-refractivity contribution in [2.75, 3.05) is 43.0 Å². The lowest BCUT2D eigenvalue weighted by Crippen LogP contribution is -2.47. The molecule has 7 nitrogen and oxygen atoms in total. The molecule has 0 radical (unpaired) electrons. The normalized spacial score (nSPS) is 18.0. The second kappa shape index (κ2) is 9.05. The Hall–Kier alpha value is -2.88. The Labute approximate surface area is 211 Å². The highest BCUT2D eigenvalue weighted by atomic mass is 35.5. The third kappa shape index (κ3) is 4.08. The standard InChI is InChI=1S/C24H22ClN5O2S2/c1-15-5-4-8-30-20(15)26-21(18(22(30)31)14-19-23(32)27(2)24(33)34-19)29-11-9-28(10-12-29)17-7-3-6-16(25)13-17/h3-8,13-14H,9-12H2,1-2H3/b19-14+. The van der Waals surface area contributed by atoms with Gasteiger partial charge in [0.1, 0.15) is 15.8 Å². The number of fused-ring (bicyclic) bond motifs is 1. The lowest BCUT2D eigenvalue weighted by Gasteiger charge is -2.37. The first kappa shape index (κ1) is 22.9. The van der Waals surface area contributed by atoms with E-state index in [0.29, 0.717) is 44.4 Å². The van der Waals surface area contributed by atoms with E-state index in [0.717, 1.165) is 24.3 Å². The number of aromatic nitrogens is 2. The van der Waals surface area contributed by atoms with Crippen LogP contribution in [0.4, 0.5) is 11.5 Å². The molecule has 174 valence electrons. The fraction of sp³-hybridized carbons (Fsp3) is 0.250. The average molecular weight is 512 g/mol. The number of pyridine rings is 1. The topological polar surface area (TPSA) is 61.2 Å². The molecule has 0 bridgehead atoms. The molecule has 0 atom stereocenters. The summed E-state index contributed by atoms with van der Waals surface area (Å²) in [7, 11) is 1.64. The van der Waals surface area contributed by atoms with Gasteiger partial charge in [0.25, 0.3) is 11.5 Å². The maximum Gasteiger partial charge on any atom is 0.267 e. The van der Waals surface area contributed by atoms with Crippen LogP contribution in [0.25, 0.3) is 11.7 Å². The first-order valence-corrected chi connectivity index (χ1v) is 12.4. The van der Waals surface area contributed by atoms with Crippen LogP contribution in [0, 0.1) is 6.92 Å². The summed E-state index contributed by atoms with van der Waals surface area (Å²) in [6.45, 7) is 4.80.